The molecule has 9 nitrogen and oxygen atoms in total. The van der Waals surface area contributed by atoms with Crippen LogP contribution < -0.4 is 10.2 Å². The Morgan fingerprint density at radius 3 is 2.44 bits per heavy atom. The van der Waals surface area contributed by atoms with Gasteiger partial charge in [0.05, 0.1) is 16.1 Å². The second-order valence-electron chi connectivity index (χ2n) is 8.78. The molecule has 1 saturated heterocycles. The highest BCUT2D eigenvalue weighted by molar-refractivity contribution is 6.32. The zero-order valence-corrected chi connectivity index (χ0v) is 21.0. The number of piperazine rings is 1. The number of anilines is 2. The highest BCUT2D eigenvalue weighted by atomic mass is 35.5. The molecule has 0 atom stereocenters. The van der Waals surface area contributed by atoms with Crippen molar-refractivity contribution in [3.8, 4) is 11.8 Å². The highest BCUT2D eigenvalue weighted by Crippen LogP contribution is 2.29. The number of nitrogens with one attached hydrogen (secondary N) is 1. The number of nitrogens with zero attached hydrogens (tertiary/aromatic N) is 4. The number of fused-ring (bicyclic) bond motifs is 1. The normalized spacial score (nSPS) is 13.8. The fourth-order valence-corrected chi connectivity index (χ4v) is 3.57. The molecule has 34 heavy (non-hydrogen) atoms. The SMILES string of the molecule is CCNc1nc2cc(Cl)c(C#CCOC(C)=O)cc2nc1N1CCN(C(=O)OC(C)(C)C)CC1. The molecule has 182 valence electrons. The van der Waals surface area contributed by atoms with E-state index < -0.39 is 11.6 Å². The van der Waals surface area contributed by atoms with E-state index in [4.69, 9.17) is 31.0 Å². The predicted octanol–water partition coefficient (Wildman–Crippen LogP) is 3.69. The fourth-order valence-electron chi connectivity index (χ4n) is 3.37. The number of ether oxygens (including phenoxy) is 2. The number of hydrogen-bond acceptors (Lipinski definition) is 8. The van der Waals surface area contributed by atoms with Crippen LogP contribution in [0.4, 0.5) is 16.4 Å². The van der Waals surface area contributed by atoms with Crippen LogP contribution in [0, 0.1) is 11.8 Å². The lowest BCUT2D eigenvalue weighted by atomic mass is 10.2. The summed E-state index contributed by atoms with van der Waals surface area (Å²) in [6.45, 7) is 11.8. The van der Waals surface area contributed by atoms with Crippen LogP contribution in [-0.2, 0) is 14.3 Å². The zero-order valence-electron chi connectivity index (χ0n) is 20.2. The third-order valence-electron chi connectivity index (χ3n) is 4.88. The number of hydrogen-bond donors (Lipinski definition) is 1. The fraction of sp³-hybridized carbons (Fsp3) is 0.500. The van der Waals surface area contributed by atoms with Gasteiger partial charge in [-0.2, -0.15) is 0 Å². The van der Waals surface area contributed by atoms with Gasteiger partial charge in [0.1, 0.15) is 5.60 Å². The van der Waals surface area contributed by atoms with Gasteiger partial charge < -0.3 is 24.6 Å². The van der Waals surface area contributed by atoms with Gasteiger partial charge in [-0.1, -0.05) is 23.4 Å². The summed E-state index contributed by atoms with van der Waals surface area (Å²) < 4.78 is 10.3. The number of carbonyl (C=O) groups is 2. The average Bonchev–Trinajstić information content (AvgIpc) is 2.76. The summed E-state index contributed by atoms with van der Waals surface area (Å²) in [4.78, 5) is 36.7. The smallest absolute Gasteiger partial charge is 0.410 e. The van der Waals surface area contributed by atoms with Crippen molar-refractivity contribution in [1.29, 1.82) is 0 Å². The van der Waals surface area contributed by atoms with E-state index in [1.54, 1.807) is 17.0 Å². The Labute approximate surface area is 204 Å². The third kappa shape index (κ3) is 6.64. The van der Waals surface area contributed by atoms with Crippen molar-refractivity contribution < 1.29 is 19.1 Å². The molecule has 10 heteroatoms. The molecule has 0 radical (unpaired) electrons. The molecule has 1 amide bonds. The largest absolute Gasteiger partial charge is 0.453 e. The highest BCUT2D eigenvalue weighted by Gasteiger charge is 2.27. The lowest BCUT2D eigenvalue weighted by molar-refractivity contribution is -0.139. The van der Waals surface area contributed by atoms with Crippen molar-refractivity contribution in [2.75, 3.05) is 49.5 Å². The van der Waals surface area contributed by atoms with Crippen LogP contribution in [0.25, 0.3) is 11.0 Å². The Balaban J connectivity index is 1.85. The van der Waals surface area contributed by atoms with E-state index in [1.165, 1.54) is 6.92 Å². The molecule has 0 spiro atoms. The second kappa shape index (κ2) is 10.8. The summed E-state index contributed by atoms with van der Waals surface area (Å²) in [5.74, 6) is 6.68. The number of halogens is 1. The minimum atomic E-state index is -0.531. The van der Waals surface area contributed by atoms with E-state index in [-0.39, 0.29) is 12.7 Å². The average molecular weight is 488 g/mol. The van der Waals surface area contributed by atoms with E-state index in [2.05, 4.69) is 22.1 Å². The van der Waals surface area contributed by atoms with Crippen LogP contribution in [0.3, 0.4) is 0 Å². The van der Waals surface area contributed by atoms with E-state index in [0.717, 1.165) is 0 Å². The number of rotatable bonds is 4. The molecule has 1 aliphatic rings. The first-order chi connectivity index (χ1) is 16.1. The number of aromatic nitrogens is 2. The van der Waals surface area contributed by atoms with Crippen molar-refractivity contribution in [1.82, 2.24) is 14.9 Å². The summed E-state index contributed by atoms with van der Waals surface area (Å²) in [5, 5.41) is 3.72. The van der Waals surface area contributed by atoms with Gasteiger partial charge in [-0.3, -0.25) is 4.79 Å². The summed E-state index contributed by atoms with van der Waals surface area (Å²) in [7, 11) is 0. The predicted molar refractivity (Wildman–Crippen MR) is 132 cm³/mol. The van der Waals surface area contributed by atoms with Gasteiger partial charge in [0.25, 0.3) is 0 Å². The standard InChI is InChI=1S/C24H30ClN5O4/c1-6-26-21-22(29-9-11-30(12-10-29)23(32)34-24(3,4)5)28-19-14-17(8-7-13-33-16(2)31)18(25)15-20(19)27-21/h14-15H,6,9-13H2,1-5H3,(H,26,27). The van der Waals surface area contributed by atoms with Gasteiger partial charge in [-0.05, 0) is 39.8 Å². The van der Waals surface area contributed by atoms with Gasteiger partial charge in [-0.15, -0.1) is 0 Å². The summed E-state index contributed by atoms with van der Waals surface area (Å²) in [6.07, 6.45) is -0.310. The van der Waals surface area contributed by atoms with E-state index in [1.807, 2.05) is 27.7 Å². The third-order valence-corrected chi connectivity index (χ3v) is 5.19. The molecule has 1 fully saturated rings. The Hall–Kier alpha value is -3.25. The quantitative estimate of drug-likeness (QED) is 0.515. The maximum atomic E-state index is 12.4. The maximum absolute atomic E-state index is 12.4. The molecular weight excluding hydrogens is 458 g/mol. The van der Waals surface area contributed by atoms with Gasteiger partial charge in [0, 0.05) is 45.2 Å². The summed E-state index contributed by atoms with van der Waals surface area (Å²) >= 11 is 6.40. The number of amides is 1. The molecule has 3 rings (SSSR count). The van der Waals surface area contributed by atoms with Crippen molar-refractivity contribution in [2.24, 2.45) is 0 Å². The summed E-state index contributed by atoms with van der Waals surface area (Å²) in [5.41, 5.74) is 1.33. The van der Waals surface area contributed by atoms with Gasteiger partial charge in [-0.25, -0.2) is 14.8 Å². The van der Waals surface area contributed by atoms with Crippen molar-refractivity contribution in [3.05, 3.63) is 22.7 Å². The molecule has 0 aliphatic carbocycles. The Bertz CT molecular complexity index is 1130. The minimum Gasteiger partial charge on any atom is -0.453 e. The first-order valence-corrected chi connectivity index (χ1v) is 11.6. The van der Waals surface area contributed by atoms with Crippen LogP contribution >= 0.6 is 11.6 Å². The van der Waals surface area contributed by atoms with Crippen LogP contribution in [0.5, 0.6) is 0 Å². The van der Waals surface area contributed by atoms with Crippen LogP contribution in [0.2, 0.25) is 5.02 Å². The second-order valence-corrected chi connectivity index (χ2v) is 9.19. The molecule has 0 saturated carbocycles. The molecule has 1 aromatic heterocycles. The molecular formula is C24H30ClN5O4. The summed E-state index contributed by atoms with van der Waals surface area (Å²) in [6, 6.07) is 3.51. The monoisotopic (exact) mass is 487 g/mol. The number of carbonyl (C=O) groups excluding carboxylic acids is 2. The van der Waals surface area contributed by atoms with E-state index in [0.29, 0.717) is 66.0 Å². The van der Waals surface area contributed by atoms with E-state index in [9.17, 15) is 9.59 Å². The van der Waals surface area contributed by atoms with Gasteiger partial charge in [0.2, 0.25) is 0 Å². The van der Waals surface area contributed by atoms with Gasteiger partial charge in [0.15, 0.2) is 18.2 Å². The first-order valence-electron chi connectivity index (χ1n) is 11.2. The molecule has 1 N–H and O–H groups in total. The molecule has 1 aromatic carbocycles. The minimum absolute atomic E-state index is 0.0120. The Morgan fingerprint density at radius 2 is 1.82 bits per heavy atom. The van der Waals surface area contributed by atoms with E-state index >= 15 is 0 Å². The molecule has 2 heterocycles. The van der Waals surface area contributed by atoms with Crippen LogP contribution in [-0.4, -0.2) is 71.9 Å². The van der Waals surface area contributed by atoms with Crippen molar-refractivity contribution in [3.63, 3.8) is 0 Å². The Morgan fingerprint density at radius 1 is 1.15 bits per heavy atom. The van der Waals surface area contributed by atoms with Crippen molar-refractivity contribution >= 4 is 46.3 Å². The number of benzene rings is 1. The van der Waals surface area contributed by atoms with Crippen molar-refractivity contribution in [2.45, 2.75) is 40.2 Å². The first kappa shape index (κ1) is 25.4. The topological polar surface area (TPSA) is 96.9 Å². The lowest BCUT2D eigenvalue weighted by Gasteiger charge is -2.36. The lowest BCUT2D eigenvalue weighted by Crippen LogP contribution is -2.50. The molecule has 1 aliphatic heterocycles. The molecule has 0 bridgehead atoms. The molecule has 0 unspecified atom stereocenters. The maximum Gasteiger partial charge on any atom is 0.410 e. The molecule has 2 aromatic rings. The van der Waals surface area contributed by atoms with Gasteiger partial charge >= 0.3 is 12.1 Å². The Kier molecular flexibility index (Phi) is 8.05. The van der Waals surface area contributed by atoms with Crippen LogP contribution in [0.1, 0.15) is 40.2 Å². The number of esters is 1. The van der Waals surface area contributed by atoms with Crippen LogP contribution in [0.15, 0.2) is 12.1 Å². The zero-order chi connectivity index (χ0) is 24.9.